The first-order valence-electron chi connectivity index (χ1n) is 8.38. The summed E-state index contributed by atoms with van der Waals surface area (Å²) in [5.41, 5.74) is 6.28. The lowest BCUT2D eigenvalue weighted by molar-refractivity contribution is 0.0950. The Morgan fingerprint density at radius 1 is 1.11 bits per heavy atom. The van der Waals surface area contributed by atoms with Crippen LogP contribution in [0.5, 0.6) is 0 Å². The molecule has 5 nitrogen and oxygen atoms in total. The van der Waals surface area contributed by atoms with Crippen LogP contribution in [-0.4, -0.2) is 22.3 Å². The Morgan fingerprint density at radius 2 is 1.85 bits per heavy atom. The minimum absolute atomic E-state index is 0.295. The van der Waals surface area contributed by atoms with Crippen molar-refractivity contribution in [3.05, 3.63) is 75.4 Å². The van der Waals surface area contributed by atoms with Crippen molar-refractivity contribution in [1.82, 2.24) is 15.6 Å². The summed E-state index contributed by atoms with van der Waals surface area (Å²) >= 11 is 11.9. The van der Waals surface area contributed by atoms with Crippen molar-refractivity contribution < 1.29 is 4.79 Å². The number of carbonyl (C=O) groups excluding carboxylic acids is 1. The van der Waals surface area contributed by atoms with Crippen molar-refractivity contribution in [1.29, 1.82) is 0 Å². The van der Waals surface area contributed by atoms with Crippen LogP contribution in [0, 0.1) is 0 Å². The molecule has 3 aromatic rings. The predicted octanol–water partition coefficient (Wildman–Crippen LogP) is 5.27. The summed E-state index contributed by atoms with van der Waals surface area (Å²) in [7, 11) is 0. The molecule has 1 amide bonds. The van der Waals surface area contributed by atoms with E-state index < -0.39 is 0 Å². The van der Waals surface area contributed by atoms with Crippen molar-refractivity contribution in [3.63, 3.8) is 0 Å². The molecule has 0 saturated carbocycles. The zero-order chi connectivity index (χ0) is 19.4. The Bertz CT molecular complexity index is 978. The smallest absolute Gasteiger partial charge is 0.272 e. The molecule has 2 aromatic carbocycles. The van der Waals surface area contributed by atoms with Crippen LogP contribution in [0.3, 0.4) is 0 Å². The Balaban J connectivity index is 1.64. The number of benzene rings is 2. The molecule has 1 heterocycles. The molecule has 27 heavy (non-hydrogen) atoms. The lowest BCUT2D eigenvalue weighted by atomic mass is 10.0. The molecule has 0 aliphatic carbocycles. The van der Waals surface area contributed by atoms with Gasteiger partial charge in [-0.2, -0.15) is 10.2 Å². The van der Waals surface area contributed by atoms with Gasteiger partial charge in [0, 0.05) is 5.56 Å². The highest BCUT2D eigenvalue weighted by atomic mass is 35.5. The van der Waals surface area contributed by atoms with Gasteiger partial charge in [0.25, 0.3) is 5.91 Å². The van der Waals surface area contributed by atoms with Gasteiger partial charge >= 0.3 is 0 Å². The molecule has 0 aliphatic rings. The highest BCUT2D eigenvalue weighted by Gasteiger charge is 2.11. The molecule has 7 heteroatoms. The second-order valence-electron chi connectivity index (χ2n) is 6.32. The van der Waals surface area contributed by atoms with Crippen LogP contribution >= 0.6 is 23.2 Å². The van der Waals surface area contributed by atoms with Crippen LogP contribution in [0.2, 0.25) is 10.0 Å². The van der Waals surface area contributed by atoms with E-state index in [-0.39, 0.29) is 5.91 Å². The molecule has 0 saturated heterocycles. The number of nitrogens with zero attached hydrogens (tertiary/aromatic N) is 2. The van der Waals surface area contributed by atoms with E-state index >= 15 is 0 Å². The molecule has 0 bridgehead atoms. The molecule has 138 valence electrons. The second kappa shape index (κ2) is 8.37. The van der Waals surface area contributed by atoms with Crippen molar-refractivity contribution >= 4 is 35.3 Å². The van der Waals surface area contributed by atoms with Crippen LogP contribution in [0.1, 0.15) is 41.4 Å². The van der Waals surface area contributed by atoms with E-state index in [9.17, 15) is 4.79 Å². The summed E-state index contributed by atoms with van der Waals surface area (Å²) < 4.78 is 0. The van der Waals surface area contributed by atoms with E-state index in [4.69, 9.17) is 23.2 Å². The summed E-state index contributed by atoms with van der Waals surface area (Å²) in [6.45, 7) is 4.28. The maximum atomic E-state index is 12.2. The molecule has 0 atom stereocenters. The second-order valence-corrected chi connectivity index (χ2v) is 7.13. The van der Waals surface area contributed by atoms with E-state index in [0.717, 1.165) is 11.1 Å². The Hall–Kier alpha value is -2.63. The largest absolute Gasteiger partial charge is 0.289 e. The predicted molar refractivity (Wildman–Crippen MR) is 110 cm³/mol. The molecule has 0 unspecified atom stereocenters. The summed E-state index contributed by atoms with van der Waals surface area (Å²) in [6, 6.07) is 14.8. The number of amides is 1. The Morgan fingerprint density at radius 3 is 2.52 bits per heavy atom. The third-order valence-electron chi connectivity index (χ3n) is 4.02. The molecular weight excluding hydrogens is 383 g/mol. The molecule has 2 N–H and O–H groups in total. The van der Waals surface area contributed by atoms with Crippen molar-refractivity contribution in [2.45, 2.75) is 19.8 Å². The molecule has 1 aromatic heterocycles. The fraction of sp³-hybridized carbons (Fsp3) is 0.150. The lowest BCUT2D eigenvalue weighted by Gasteiger charge is -2.04. The van der Waals surface area contributed by atoms with Gasteiger partial charge < -0.3 is 0 Å². The summed E-state index contributed by atoms with van der Waals surface area (Å²) in [5, 5.41) is 11.7. The number of nitrogens with one attached hydrogen (secondary N) is 2. The third kappa shape index (κ3) is 4.76. The molecule has 0 radical (unpaired) electrons. The maximum absolute atomic E-state index is 12.2. The van der Waals surface area contributed by atoms with Gasteiger partial charge in [-0.3, -0.25) is 9.89 Å². The first-order valence-corrected chi connectivity index (χ1v) is 9.14. The molecule has 0 fully saturated rings. The fourth-order valence-electron chi connectivity index (χ4n) is 2.43. The van der Waals surface area contributed by atoms with E-state index in [0.29, 0.717) is 27.4 Å². The highest BCUT2D eigenvalue weighted by Crippen LogP contribution is 2.27. The fourth-order valence-corrected chi connectivity index (χ4v) is 2.73. The number of carbonyl (C=O) groups is 1. The van der Waals surface area contributed by atoms with Gasteiger partial charge in [0.05, 0.1) is 22.0 Å². The summed E-state index contributed by atoms with van der Waals surface area (Å²) in [6.07, 6.45) is 1.60. The lowest BCUT2D eigenvalue weighted by Crippen LogP contribution is -2.18. The standard InChI is InChI=1S/C20H18Cl2N4O/c1-12(2)14-5-3-13(4-6-14)11-23-26-20(27)19-10-18(24-25-19)15-7-8-16(21)17(22)9-15/h3-12H,1-2H3,(H,24,25)(H,26,27). The number of hydrazone groups is 1. The SMILES string of the molecule is CC(C)c1ccc(C=NNC(=O)c2cc(-c3ccc(Cl)c(Cl)c3)n[nH]2)cc1. The Labute approximate surface area is 167 Å². The Kier molecular flexibility index (Phi) is 5.94. The van der Waals surface area contributed by atoms with Crippen LogP contribution < -0.4 is 5.43 Å². The minimum Gasteiger partial charge on any atom is -0.272 e. The van der Waals surface area contributed by atoms with Gasteiger partial charge in [-0.15, -0.1) is 0 Å². The van der Waals surface area contributed by atoms with Crippen LogP contribution in [0.15, 0.2) is 53.6 Å². The van der Waals surface area contributed by atoms with Crippen LogP contribution in [0.4, 0.5) is 0 Å². The van der Waals surface area contributed by atoms with Crippen LogP contribution in [-0.2, 0) is 0 Å². The topological polar surface area (TPSA) is 70.1 Å². The van der Waals surface area contributed by atoms with Gasteiger partial charge in [0.2, 0.25) is 0 Å². The molecule has 0 aliphatic heterocycles. The number of halogens is 2. The van der Waals surface area contributed by atoms with Gasteiger partial charge in [-0.05, 0) is 35.2 Å². The number of aromatic amines is 1. The number of hydrogen-bond donors (Lipinski definition) is 2. The molecule has 3 rings (SSSR count). The highest BCUT2D eigenvalue weighted by molar-refractivity contribution is 6.42. The average molecular weight is 401 g/mol. The molecular formula is C20H18Cl2N4O. The minimum atomic E-state index is -0.385. The van der Waals surface area contributed by atoms with Gasteiger partial charge in [0.1, 0.15) is 5.69 Å². The van der Waals surface area contributed by atoms with Gasteiger partial charge in [-0.25, -0.2) is 5.43 Å². The number of rotatable bonds is 5. The first-order chi connectivity index (χ1) is 12.9. The van der Waals surface area contributed by atoms with E-state index in [2.05, 4.69) is 34.6 Å². The number of aromatic nitrogens is 2. The van der Waals surface area contributed by atoms with E-state index in [1.165, 1.54) is 5.56 Å². The van der Waals surface area contributed by atoms with Crippen molar-refractivity contribution in [2.75, 3.05) is 0 Å². The van der Waals surface area contributed by atoms with E-state index in [1.807, 2.05) is 24.3 Å². The third-order valence-corrected chi connectivity index (χ3v) is 4.76. The zero-order valence-electron chi connectivity index (χ0n) is 14.8. The van der Waals surface area contributed by atoms with Gasteiger partial charge in [0.15, 0.2) is 0 Å². The summed E-state index contributed by atoms with van der Waals surface area (Å²) in [5.74, 6) is 0.0876. The van der Waals surface area contributed by atoms with Gasteiger partial charge in [-0.1, -0.05) is 67.4 Å². The maximum Gasteiger partial charge on any atom is 0.289 e. The normalized spacial score (nSPS) is 11.3. The number of hydrogen-bond acceptors (Lipinski definition) is 3. The number of H-pyrrole nitrogens is 1. The molecule has 0 spiro atoms. The van der Waals surface area contributed by atoms with E-state index in [1.54, 1.807) is 30.5 Å². The van der Waals surface area contributed by atoms with Crippen LogP contribution in [0.25, 0.3) is 11.3 Å². The summed E-state index contributed by atoms with van der Waals surface area (Å²) in [4.78, 5) is 12.2. The van der Waals surface area contributed by atoms with Crippen molar-refractivity contribution in [3.8, 4) is 11.3 Å². The average Bonchev–Trinajstić information content (AvgIpc) is 3.14. The zero-order valence-corrected chi connectivity index (χ0v) is 16.3. The first kappa shape index (κ1) is 19.1. The monoisotopic (exact) mass is 400 g/mol. The van der Waals surface area contributed by atoms with Crippen molar-refractivity contribution in [2.24, 2.45) is 5.10 Å². The quantitative estimate of drug-likeness (QED) is 0.452.